The average Bonchev–Trinajstić information content (AvgIpc) is 3.33. The van der Waals surface area contributed by atoms with E-state index in [9.17, 15) is 14.0 Å². The number of aromatic nitrogens is 1. The molecule has 196 valence electrons. The summed E-state index contributed by atoms with van der Waals surface area (Å²) in [6.45, 7) is 3.95. The number of carbonyl (C=O) groups excluding carboxylic acids is 2. The average molecular weight is 530 g/mol. The number of amides is 2. The van der Waals surface area contributed by atoms with Crippen molar-refractivity contribution in [2.45, 2.75) is 19.4 Å². The highest BCUT2D eigenvalue weighted by Gasteiger charge is 2.23. The molecule has 37 heavy (non-hydrogen) atoms. The summed E-state index contributed by atoms with van der Waals surface area (Å²) in [6, 6.07) is 12.7. The van der Waals surface area contributed by atoms with E-state index in [0.717, 1.165) is 6.42 Å². The molecule has 0 bridgehead atoms. The number of methoxy groups -OCH3 is 1. The summed E-state index contributed by atoms with van der Waals surface area (Å²) in [5, 5.41) is 2.71. The van der Waals surface area contributed by atoms with Crippen LogP contribution < -0.4 is 14.8 Å². The largest absolute Gasteiger partial charge is 0.488 e. The smallest absolute Gasteiger partial charge is 0.267 e. The van der Waals surface area contributed by atoms with Crippen molar-refractivity contribution in [1.82, 2.24) is 15.2 Å². The van der Waals surface area contributed by atoms with E-state index in [1.807, 2.05) is 6.92 Å². The lowest BCUT2D eigenvalue weighted by atomic mass is 10.1. The number of carbonyl (C=O) groups is 2. The predicted octanol–water partition coefficient (Wildman–Crippen LogP) is 4.84. The van der Waals surface area contributed by atoms with E-state index in [2.05, 4.69) is 10.3 Å². The fraction of sp³-hybridized carbons (Fsp3) is 0.333. The molecule has 2 aromatic carbocycles. The summed E-state index contributed by atoms with van der Waals surface area (Å²) >= 11 is 5.65. The standard InChI is InChI=1S/C27H29ClFN3O5/c1-17(16-35-2)36-20-12-19(23-5-6-24(31-23)26(33)30-9-8-28)13-21(15-20)37-25-7-4-18(14-22(25)29)27(34)32-10-3-11-32/h4-7,12-15,17,31H,3,8-11,16H2,1-2H3,(H,30,33)/t17-/m0/s1. The molecule has 1 aromatic heterocycles. The second-order valence-corrected chi connectivity index (χ2v) is 9.08. The quantitative estimate of drug-likeness (QED) is 0.347. The van der Waals surface area contributed by atoms with Gasteiger partial charge in [-0.2, -0.15) is 0 Å². The number of H-pyrrole nitrogens is 1. The van der Waals surface area contributed by atoms with Crippen LogP contribution in [0, 0.1) is 5.82 Å². The molecular weight excluding hydrogens is 501 g/mol. The van der Waals surface area contributed by atoms with Crippen LogP contribution in [-0.4, -0.2) is 67.0 Å². The molecule has 1 atom stereocenters. The first-order valence-corrected chi connectivity index (χ1v) is 12.5. The van der Waals surface area contributed by atoms with Gasteiger partial charge in [-0.15, -0.1) is 11.6 Å². The van der Waals surface area contributed by atoms with Crippen LogP contribution in [0.2, 0.25) is 0 Å². The van der Waals surface area contributed by atoms with Gasteiger partial charge in [-0.3, -0.25) is 9.59 Å². The van der Waals surface area contributed by atoms with Gasteiger partial charge < -0.3 is 29.4 Å². The number of hydrogen-bond donors (Lipinski definition) is 2. The number of nitrogens with one attached hydrogen (secondary N) is 2. The van der Waals surface area contributed by atoms with Crippen LogP contribution in [-0.2, 0) is 4.74 Å². The number of likely N-dealkylation sites (tertiary alicyclic amines) is 1. The normalized spacial score (nSPS) is 13.6. The minimum Gasteiger partial charge on any atom is -0.488 e. The zero-order chi connectivity index (χ0) is 26.4. The molecule has 0 aliphatic carbocycles. The third-order valence-corrected chi connectivity index (χ3v) is 5.98. The van der Waals surface area contributed by atoms with E-state index in [4.69, 9.17) is 25.8 Å². The van der Waals surface area contributed by atoms with Crippen LogP contribution in [0.15, 0.2) is 48.5 Å². The summed E-state index contributed by atoms with van der Waals surface area (Å²) in [5.41, 5.74) is 1.96. The van der Waals surface area contributed by atoms with Gasteiger partial charge >= 0.3 is 0 Å². The number of halogens is 2. The zero-order valence-corrected chi connectivity index (χ0v) is 21.4. The molecule has 2 heterocycles. The number of hydrogen-bond acceptors (Lipinski definition) is 5. The molecule has 0 saturated carbocycles. The van der Waals surface area contributed by atoms with E-state index < -0.39 is 5.82 Å². The summed E-state index contributed by atoms with van der Waals surface area (Å²) < 4.78 is 31.9. The van der Waals surface area contributed by atoms with Gasteiger partial charge in [0.2, 0.25) is 0 Å². The van der Waals surface area contributed by atoms with Crippen molar-refractivity contribution in [2.75, 3.05) is 39.2 Å². The summed E-state index contributed by atoms with van der Waals surface area (Å²) in [5.74, 6) is -0.0434. The molecule has 4 rings (SSSR count). The van der Waals surface area contributed by atoms with Crippen molar-refractivity contribution in [3.05, 3.63) is 65.6 Å². The lowest BCUT2D eigenvalue weighted by molar-refractivity contribution is 0.0651. The van der Waals surface area contributed by atoms with Gasteiger partial charge in [-0.1, -0.05) is 0 Å². The second-order valence-electron chi connectivity index (χ2n) is 8.70. The summed E-state index contributed by atoms with van der Waals surface area (Å²) in [7, 11) is 1.58. The minimum atomic E-state index is -0.648. The summed E-state index contributed by atoms with van der Waals surface area (Å²) in [6.07, 6.45) is 0.705. The highest BCUT2D eigenvalue weighted by molar-refractivity contribution is 6.18. The van der Waals surface area contributed by atoms with Gasteiger partial charge in [0.05, 0.1) is 6.61 Å². The number of nitrogens with zero attached hydrogens (tertiary/aromatic N) is 1. The molecule has 3 aromatic rings. The Bertz CT molecular complexity index is 1260. The molecule has 1 saturated heterocycles. The van der Waals surface area contributed by atoms with Crippen LogP contribution in [0.5, 0.6) is 17.2 Å². The molecule has 10 heteroatoms. The van der Waals surface area contributed by atoms with Crippen LogP contribution >= 0.6 is 11.6 Å². The topological polar surface area (TPSA) is 92.9 Å². The Kier molecular flexibility index (Phi) is 8.68. The van der Waals surface area contributed by atoms with Gasteiger partial charge in [0, 0.05) is 55.5 Å². The van der Waals surface area contributed by atoms with Gasteiger partial charge in [-0.25, -0.2) is 4.39 Å². The fourth-order valence-corrected chi connectivity index (χ4v) is 3.95. The zero-order valence-electron chi connectivity index (χ0n) is 20.7. The Hall–Kier alpha value is -3.56. The van der Waals surface area contributed by atoms with Gasteiger partial charge in [0.25, 0.3) is 11.8 Å². The lowest BCUT2D eigenvalue weighted by Crippen LogP contribution is -2.42. The Labute approximate surface area is 219 Å². The lowest BCUT2D eigenvalue weighted by Gasteiger charge is -2.30. The third-order valence-electron chi connectivity index (χ3n) is 5.79. The molecule has 1 aliphatic heterocycles. The molecule has 8 nitrogen and oxygen atoms in total. The van der Waals surface area contributed by atoms with Gasteiger partial charge in [-0.05, 0) is 55.8 Å². The second kappa shape index (κ2) is 12.1. The first-order chi connectivity index (χ1) is 17.9. The van der Waals surface area contributed by atoms with Crippen molar-refractivity contribution < 1.29 is 28.2 Å². The molecule has 2 N–H and O–H groups in total. The number of alkyl halides is 1. The maximum atomic E-state index is 14.9. The Morgan fingerprint density at radius 1 is 1.14 bits per heavy atom. The van der Waals surface area contributed by atoms with Crippen LogP contribution in [0.25, 0.3) is 11.3 Å². The van der Waals surface area contributed by atoms with Crippen LogP contribution in [0.4, 0.5) is 4.39 Å². The van der Waals surface area contributed by atoms with E-state index in [1.165, 1.54) is 12.1 Å². The van der Waals surface area contributed by atoms with Crippen molar-refractivity contribution in [3.63, 3.8) is 0 Å². The molecule has 0 unspecified atom stereocenters. The SMILES string of the molecule is COC[C@H](C)Oc1cc(Oc2ccc(C(=O)N3CCC3)cc2F)cc(-c2ccc(C(=O)NCCCl)[nH]2)c1. The molecule has 1 aliphatic rings. The fourth-order valence-electron chi connectivity index (χ4n) is 3.85. The van der Waals surface area contributed by atoms with Gasteiger partial charge in [0.1, 0.15) is 23.3 Å². The van der Waals surface area contributed by atoms with Crippen molar-refractivity contribution in [2.24, 2.45) is 0 Å². The Morgan fingerprint density at radius 3 is 2.59 bits per heavy atom. The van der Waals surface area contributed by atoms with Crippen LogP contribution in [0.3, 0.4) is 0 Å². The molecule has 1 fully saturated rings. The van der Waals surface area contributed by atoms with E-state index >= 15 is 0 Å². The first kappa shape index (κ1) is 26.5. The molecular formula is C27H29ClFN3O5. The molecule has 0 spiro atoms. The molecule has 2 amide bonds. The van der Waals surface area contributed by atoms with Crippen LogP contribution in [0.1, 0.15) is 34.2 Å². The van der Waals surface area contributed by atoms with Gasteiger partial charge in [0.15, 0.2) is 11.6 Å². The maximum absolute atomic E-state index is 14.9. The van der Waals surface area contributed by atoms with Crippen molar-refractivity contribution in [3.8, 4) is 28.5 Å². The number of benzene rings is 2. The van der Waals surface area contributed by atoms with Crippen molar-refractivity contribution in [1.29, 1.82) is 0 Å². The minimum absolute atomic E-state index is 0.0270. The summed E-state index contributed by atoms with van der Waals surface area (Å²) in [4.78, 5) is 29.4. The monoisotopic (exact) mass is 529 g/mol. The van der Waals surface area contributed by atoms with E-state index in [0.29, 0.717) is 60.6 Å². The Balaban J connectivity index is 1.60. The highest BCUT2D eigenvalue weighted by Crippen LogP contribution is 2.34. The first-order valence-electron chi connectivity index (χ1n) is 12.0. The Morgan fingerprint density at radius 2 is 1.92 bits per heavy atom. The van der Waals surface area contributed by atoms with E-state index in [-0.39, 0.29) is 29.2 Å². The van der Waals surface area contributed by atoms with Crippen molar-refractivity contribution >= 4 is 23.4 Å². The number of ether oxygens (including phenoxy) is 3. The third kappa shape index (κ3) is 6.61. The maximum Gasteiger partial charge on any atom is 0.267 e. The molecule has 0 radical (unpaired) electrons. The number of aromatic amines is 1. The number of rotatable bonds is 11. The highest BCUT2D eigenvalue weighted by atomic mass is 35.5. The van der Waals surface area contributed by atoms with E-state index in [1.54, 1.807) is 48.4 Å². The predicted molar refractivity (Wildman–Crippen MR) is 138 cm³/mol.